The van der Waals surface area contributed by atoms with E-state index < -0.39 is 41.5 Å². The topological polar surface area (TPSA) is 91.3 Å². The van der Waals surface area contributed by atoms with Crippen molar-refractivity contribution < 1.29 is 38.0 Å². The van der Waals surface area contributed by atoms with Gasteiger partial charge in [-0.25, -0.2) is 14.0 Å². The molecule has 320 valence electrons. The number of hydrogen-bond acceptors (Lipinski definition) is 9. The van der Waals surface area contributed by atoms with E-state index in [0.29, 0.717) is 24.7 Å². The Hall–Kier alpha value is -3.99. The lowest BCUT2D eigenvalue weighted by Crippen LogP contribution is -2.45. The lowest BCUT2D eigenvalue weighted by molar-refractivity contribution is -0.0682. The van der Waals surface area contributed by atoms with Gasteiger partial charge in [-0.15, -0.1) is 23.5 Å². The number of aliphatic hydroxyl groups is 1. The van der Waals surface area contributed by atoms with Gasteiger partial charge < -0.3 is 24.1 Å². The Labute approximate surface area is 360 Å². The van der Waals surface area contributed by atoms with Crippen LogP contribution in [0.3, 0.4) is 0 Å². The minimum absolute atomic E-state index is 0.215. The highest BCUT2D eigenvalue weighted by atomic mass is 32.2. The number of esters is 2. The molecule has 1 N–H and O–H groups in total. The van der Waals surface area contributed by atoms with Crippen molar-refractivity contribution in [2.45, 2.75) is 125 Å². The van der Waals surface area contributed by atoms with Crippen LogP contribution >= 0.6 is 23.5 Å². The zero-order valence-electron chi connectivity index (χ0n) is 34.8. The van der Waals surface area contributed by atoms with Crippen molar-refractivity contribution in [2.75, 3.05) is 19.8 Å². The van der Waals surface area contributed by atoms with E-state index in [9.17, 15) is 14.7 Å². The van der Waals surface area contributed by atoms with Gasteiger partial charge in [0.1, 0.15) is 24.2 Å². The second-order valence-corrected chi connectivity index (χ2v) is 17.3. The molecule has 0 aliphatic rings. The number of aliphatic hydroxyl groups excluding tert-OH is 1. The molecule has 59 heavy (non-hydrogen) atoms. The molecule has 4 aromatic carbocycles. The van der Waals surface area contributed by atoms with E-state index in [-0.39, 0.29) is 11.1 Å². The van der Waals surface area contributed by atoms with E-state index in [1.54, 1.807) is 60.7 Å². The molecule has 0 bridgehead atoms. The van der Waals surface area contributed by atoms with E-state index >= 15 is 4.39 Å². The first kappa shape index (κ1) is 47.7. The molecule has 7 nitrogen and oxygen atoms in total. The van der Waals surface area contributed by atoms with Crippen LogP contribution in [0, 0.1) is 0 Å². The van der Waals surface area contributed by atoms with Gasteiger partial charge in [0.15, 0.2) is 12.3 Å². The Kier molecular flexibility index (Phi) is 23.0. The monoisotopic (exact) mass is 846 g/mol. The Bertz CT molecular complexity index is 1640. The zero-order chi connectivity index (χ0) is 41.9. The summed E-state index contributed by atoms with van der Waals surface area (Å²) in [7, 11) is 0. The van der Waals surface area contributed by atoms with Crippen LogP contribution in [0.15, 0.2) is 109 Å². The van der Waals surface area contributed by atoms with Crippen molar-refractivity contribution in [3.8, 4) is 11.5 Å². The lowest BCUT2D eigenvalue weighted by atomic mass is 10.1. The van der Waals surface area contributed by atoms with Crippen LogP contribution in [-0.4, -0.2) is 59.8 Å². The molecule has 0 unspecified atom stereocenters. The fourth-order valence-corrected chi connectivity index (χ4v) is 8.86. The van der Waals surface area contributed by atoms with Crippen molar-refractivity contribution in [1.29, 1.82) is 0 Å². The molecule has 0 heterocycles. The molecule has 0 fully saturated rings. The molecule has 3 atom stereocenters. The van der Waals surface area contributed by atoms with Gasteiger partial charge in [-0.3, -0.25) is 0 Å². The van der Waals surface area contributed by atoms with E-state index in [2.05, 4.69) is 13.8 Å². The fraction of sp³-hybridized carbons (Fsp3) is 0.469. The number of alkyl halides is 1. The number of carbonyl (C=O) groups excluding carboxylic acids is 2. The van der Waals surface area contributed by atoms with Gasteiger partial charge in [-0.1, -0.05) is 139 Å². The highest BCUT2D eigenvalue weighted by Gasteiger charge is 2.39. The summed E-state index contributed by atoms with van der Waals surface area (Å²) in [6.07, 6.45) is 9.20. The third kappa shape index (κ3) is 18.4. The molecule has 0 radical (unpaired) electrons. The van der Waals surface area contributed by atoms with Gasteiger partial charge in [-0.05, 0) is 72.5 Å². The number of rotatable bonds is 30. The summed E-state index contributed by atoms with van der Waals surface area (Å²) >= 11 is 2.73. The second-order valence-electron chi connectivity index (χ2n) is 14.7. The highest BCUT2D eigenvalue weighted by molar-refractivity contribution is 8.16. The SMILES string of the molecule is CCCCCCCCOc1ccc(CSC(SCc2ccc(OCCCCCCCC)cc2)[C@@H](F)[C@H](OC(=O)c2ccccc2)[C@@H](O)COC(=O)c2ccccc2)cc1. The molecule has 4 rings (SSSR count). The molecular weight excluding hydrogens is 784 g/mol. The summed E-state index contributed by atoms with van der Waals surface area (Å²) < 4.78 is 39.4. The van der Waals surface area contributed by atoms with Crippen LogP contribution in [0.4, 0.5) is 4.39 Å². The summed E-state index contributed by atoms with van der Waals surface area (Å²) in [6, 6.07) is 32.3. The molecule has 0 aliphatic carbocycles. The van der Waals surface area contributed by atoms with Gasteiger partial charge in [0.2, 0.25) is 0 Å². The second kappa shape index (κ2) is 28.5. The summed E-state index contributed by atoms with van der Waals surface area (Å²) in [5, 5.41) is 11.4. The minimum Gasteiger partial charge on any atom is -0.494 e. The first-order valence-corrected chi connectivity index (χ1v) is 23.4. The van der Waals surface area contributed by atoms with Crippen molar-refractivity contribution in [1.82, 2.24) is 0 Å². The summed E-state index contributed by atoms with van der Waals surface area (Å²) in [5.41, 5.74) is 2.45. The largest absolute Gasteiger partial charge is 0.494 e. The number of hydrogen-bond donors (Lipinski definition) is 1. The molecule has 0 saturated carbocycles. The van der Waals surface area contributed by atoms with Crippen molar-refractivity contribution in [3.63, 3.8) is 0 Å². The van der Waals surface area contributed by atoms with Crippen LogP contribution in [0.5, 0.6) is 11.5 Å². The van der Waals surface area contributed by atoms with Crippen LogP contribution in [-0.2, 0) is 21.0 Å². The first-order chi connectivity index (χ1) is 28.9. The maximum Gasteiger partial charge on any atom is 0.338 e. The molecule has 0 spiro atoms. The molecule has 0 aromatic heterocycles. The van der Waals surface area contributed by atoms with Crippen molar-refractivity contribution >= 4 is 35.5 Å². The molecule has 0 amide bonds. The smallest absolute Gasteiger partial charge is 0.338 e. The quantitative estimate of drug-likeness (QED) is 0.0313. The molecule has 4 aromatic rings. The van der Waals surface area contributed by atoms with Crippen molar-refractivity contribution in [3.05, 3.63) is 131 Å². The van der Waals surface area contributed by atoms with E-state index in [1.165, 1.54) is 74.9 Å². The molecule has 0 aliphatic heterocycles. The molecular formula is C49H63FO7S2. The van der Waals surface area contributed by atoms with Crippen LogP contribution in [0.1, 0.15) is 123 Å². The third-order valence-corrected chi connectivity index (χ3v) is 12.8. The Balaban J connectivity index is 1.45. The maximum atomic E-state index is 17.1. The maximum absolute atomic E-state index is 17.1. The average Bonchev–Trinajstić information content (AvgIpc) is 3.27. The van der Waals surface area contributed by atoms with Crippen molar-refractivity contribution in [2.24, 2.45) is 0 Å². The number of halogens is 1. The minimum atomic E-state index is -1.84. The third-order valence-electron chi connectivity index (χ3n) is 9.81. The number of thioether (sulfide) groups is 2. The number of carbonyl (C=O) groups is 2. The van der Waals surface area contributed by atoms with Gasteiger partial charge in [0.25, 0.3) is 0 Å². The Morgan fingerprint density at radius 3 is 1.46 bits per heavy atom. The van der Waals surface area contributed by atoms with E-state index in [0.717, 1.165) is 48.3 Å². The predicted molar refractivity (Wildman–Crippen MR) is 240 cm³/mol. The Morgan fingerprint density at radius 2 is 1.00 bits per heavy atom. The van der Waals surface area contributed by atoms with Gasteiger partial charge in [0.05, 0.1) is 28.9 Å². The summed E-state index contributed by atoms with van der Waals surface area (Å²) in [4.78, 5) is 26.1. The van der Waals surface area contributed by atoms with E-state index in [1.807, 2.05) is 48.5 Å². The van der Waals surface area contributed by atoms with Gasteiger partial charge in [0, 0.05) is 11.5 Å². The van der Waals surface area contributed by atoms with Gasteiger partial charge in [-0.2, -0.15) is 0 Å². The first-order valence-electron chi connectivity index (χ1n) is 21.3. The van der Waals surface area contributed by atoms with E-state index in [4.69, 9.17) is 18.9 Å². The normalized spacial score (nSPS) is 12.8. The number of unbranched alkanes of at least 4 members (excludes halogenated alkanes) is 10. The van der Waals surface area contributed by atoms with Gasteiger partial charge >= 0.3 is 11.9 Å². The standard InChI is InChI=1S/C49H63FO7S2/c1-3-5-7-9-11-19-33-54-42-29-25-38(26-30-42)36-58-49(59-37-39-27-31-43(32-28-39)55-34-20-12-10-8-6-4-2)45(50)46(57-48(53)41-23-17-14-18-24-41)44(51)35-56-47(52)40-21-15-13-16-22-40/h13-18,21-32,44-46,49,51H,3-12,19-20,33-37H2,1-2H3/t44-,45-,46+/m0/s1. The average molecular weight is 847 g/mol. The fourth-order valence-electron chi connectivity index (χ4n) is 6.29. The lowest BCUT2D eigenvalue weighted by Gasteiger charge is -2.30. The highest BCUT2D eigenvalue weighted by Crippen LogP contribution is 2.37. The predicted octanol–water partition coefficient (Wildman–Crippen LogP) is 12.4. The summed E-state index contributed by atoms with van der Waals surface area (Å²) in [5.74, 6) is 1.05. The van der Waals surface area contributed by atoms with Crippen LogP contribution < -0.4 is 9.47 Å². The number of ether oxygens (including phenoxy) is 4. The summed E-state index contributed by atoms with van der Waals surface area (Å²) in [6.45, 7) is 5.20. The number of benzene rings is 4. The van der Waals surface area contributed by atoms with Crippen LogP contribution in [0.25, 0.3) is 0 Å². The Morgan fingerprint density at radius 1 is 0.576 bits per heavy atom. The zero-order valence-corrected chi connectivity index (χ0v) is 36.4. The molecule has 10 heteroatoms. The van der Waals surface area contributed by atoms with Crippen LogP contribution in [0.2, 0.25) is 0 Å². The molecule has 0 saturated heterocycles.